The van der Waals surface area contributed by atoms with Gasteiger partial charge in [0.1, 0.15) is 11.5 Å². The molecule has 0 bridgehead atoms. The summed E-state index contributed by atoms with van der Waals surface area (Å²) in [5, 5.41) is 13.0. The van der Waals surface area contributed by atoms with E-state index in [1.54, 1.807) is 0 Å². The van der Waals surface area contributed by atoms with Crippen molar-refractivity contribution in [3.05, 3.63) is 23.7 Å². The van der Waals surface area contributed by atoms with Crippen molar-refractivity contribution in [3.63, 3.8) is 0 Å². The number of hydrogen-bond donors (Lipinski definition) is 2. The highest BCUT2D eigenvalue weighted by Crippen LogP contribution is 2.47. The van der Waals surface area contributed by atoms with Crippen LogP contribution in [0.4, 0.5) is 0 Å². The Morgan fingerprint density at radius 2 is 2.11 bits per heavy atom. The van der Waals surface area contributed by atoms with Gasteiger partial charge in [0, 0.05) is 11.5 Å². The molecule has 2 aliphatic rings. The molecule has 2 N–H and O–H groups in total. The van der Waals surface area contributed by atoms with E-state index in [0.717, 1.165) is 36.8 Å². The van der Waals surface area contributed by atoms with Crippen LogP contribution in [0.1, 0.15) is 56.5 Å². The number of rotatable bonds is 5. The van der Waals surface area contributed by atoms with Crippen LogP contribution in [-0.4, -0.2) is 17.3 Å². The van der Waals surface area contributed by atoms with Gasteiger partial charge in [-0.15, -0.1) is 0 Å². The minimum Gasteiger partial charge on any atom is -0.464 e. The minimum absolute atomic E-state index is 0.0557. The Balaban J connectivity index is 1.57. The summed E-state index contributed by atoms with van der Waals surface area (Å²) >= 11 is 0. The molecular formula is C15H23NO2. The van der Waals surface area contributed by atoms with Gasteiger partial charge in [0.05, 0.1) is 13.2 Å². The molecular weight excluding hydrogens is 226 g/mol. The molecule has 100 valence electrons. The van der Waals surface area contributed by atoms with Gasteiger partial charge >= 0.3 is 0 Å². The van der Waals surface area contributed by atoms with Crippen molar-refractivity contribution in [2.24, 2.45) is 5.92 Å². The van der Waals surface area contributed by atoms with Crippen molar-refractivity contribution < 1.29 is 9.52 Å². The third-order valence-corrected chi connectivity index (χ3v) is 4.66. The molecule has 18 heavy (non-hydrogen) atoms. The fraction of sp³-hybridized carbons (Fsp3) is 0.733. The Bertz CT molecular complexity index is 406. The monoisotopic (exact) mass is 249 g/mol. The maximum absolute atomic E-state index is 9.54. The highest BCUT2D eigenvalue weighted by Gasteiger charge is 2.37. The van der Waals surface area contributed by atoms with Gasteiger partial charge in [-0.3, -0.25) is 0 Å². The van der Waals surface area contributed by atoms with Gasteiger partial charge in [0.2, 0.25) is 0 Å². The minimum atomic E-state index is -0.0557. The molecule has 0 amide bonds. The average molecular weight is 249 g/mol. The van der Waals surface area contributed by atoms with Crippen LogP contribution >= 0.6 is 0 Å². The van der Waals surface area contributed by atoms with Gasteiger partial charge < -0.3 is 14.8 Å². The van der Waals surface area contributed by atoms with E-state index in [9.17, 15) is 5.11 Å². The Kier molecular flexibility index (Phi) is 3.20. The van der Waals surface area contributed by atoms with E-state index >= 15 is 0 Å². The predicted octanol–water partition coefficient (Wildman–Crippen LogP) is 2.80. The molecule has 1 aromatic rings. The first kappa shape index (κ1) is 12.2. The maximum atomic E-state index is 9.54. The van der Waals surface area contributed by atoms with Crippen LogP contribution in [0, 0.1) is 5.92 Å². The average Bonchev–Trinajstić information content (AvgIpc) is 2.87. The highest BCUT2D eigenvalue weighted by molar-refractivity contribution is 5.17. The molecule has 0 spiro atoms. The molecule has 2 saturated carbocycles. The molecule has 3 rings (SSSR count). The Hall–Kier alpha value is -0.800. The topological polar surface area (TPSA) is 45.4 Å². The van der Waals surface area contributed by atoms with Crippen LogP contribution in [0.15, 0.2) is 16.5 Å². The second kappa shape index (κ2) is 4.71. The molecule has 2 fully saturated rings. The first-order valence-corrected chi connectivity index (χ1v) is 7.17. The zero-order valence-corrected chi connectivity index (χ0v) is 11.1. The van der Waals surface area contributed by atoms with Crippen LogP contribution in [0.5, 0.6) is 0 Å². The van der Waals surface area contributed by atoms with Gasteiger partial charge in [0.15, 0.2) is 0 Å². The van der Waals surface area contributed by atoms with E-state index in [-0.39, 0.29) is 12.1 Å². The normalized spacial score (nSPS) is 29.7. The third-order valence-electron chi connectivity index (χ3n) is 4.66. The Labute approximate surface area is 109 Å². The second-order valence-electron chi connectivity index (χ2n) is 6.12. The van der Waals surface area contributed by atoms with Crippen molar-refractivity contribution in [1.82, 2.24) is 5.32 Å². The highest BCUT2D eigenvalue weighted by atomic mass is 16.3. The van der Waals surface area contributed by atoms with Gasteiger partial charge in [-0.05, 0) is 37.3 Å². The van der Waals surface area contributed by atoms with E-state index in [1.807, 2.05) is 0 Å². The Morgan fingerprint density at radius 1 is 1.39 bits per heavy atom. The molecule has 0 aromatic carbocycles. The van der Waals surface area contributed by atoms with Gasteiger partial charge in [-0.1, -0.05) is 19.8 Å². The quantitative estimate of drug-likeness (QED) is 0.843. The summed E-state index contributed by atoms with van der Waals surface area (Å²) < 4.78 is 5.88. The lowest BCUT2D eigenvalue weighted by Crippen LogP contribution is -2.45. The summed E-state index contributed by atoms with van der Waals surface area (Å²) in [6.07, 6.45) is 5.86. The standard InChI is InChI=1S/C15H23NO2/c1-11-8-13(11)14-5-4-12(18-14)9-16-15(10-17)6-2-3-7-15/h4-5,11,13,16-17H,2-3,6-10H2,1H3. The summed E-state index contributed by atoms with van der Waals surface area (Å²) in [6.45, 7) is 3.24. The van der Waals surface area contributed by atoms with Crippen molar-refractivity contribution in [2.75, 3.05) is 6.61 Å². The van der Waals surface area contributed by atoms with E-state index in [0.29, 0.717) is 5.92 Å². The number of hydrogen-bond acceptors (Lipinski definition) is 3. The maximum Gasteiger partial charge on any atom is 0.117 e. The van der Waals surface area contributed by atoms with Crippen molar-refractivity contribution in [1.29, 1.82) is 0 Å². The predicted molar refractivity (Wildman–Crippen MR) is 70.4 cm³/mol. The van der Waals surface area contributed by atoms with Crippen LogP contribution < -0.4 is 5.32 Å². The zero-order valence-electron chi connectivity index (χ0n) is 11.1. The first-order valence-electron chi connectivity index (χ1n) is 7.17. The number of aliphatic hydroxyl groups excluding tert-OH is 1. The molecule has 3 heteroatoms. The van der Waals surface area contributed by atoms with Crippen LogP contribution in [0.25, 0.3) is 0 Å². The lowest BCUT2D eigenvalue weighted by atomic mass is 9.99. The molecule has 0 aliphatic heterocycles. The fourth-order valence-corrected chi connectivity index (χ4v) is 3.12. The van der Waals surface area contributed by atoms with E-state index in [4.69, 9.17) is 4.42 Å². The summed E-state index contributed by atoms with van der Waals surface area (Å²) in [4.78, 5) is 0. The molecule has 0 radical (unpaired) electrons. The van der Waals surface area contributed by atoms with Gasteiger partial charge in [-0.25, -0.2) is 0 Å². The lowest BCUT2D eigenvalue weighted by molar-refractivity contribution is 0.160. The van der Waals surface area contributed by atoms with Gasteiger partial charge in [0.25, 0.3) is 0 Å². The van der Waals surface area contributed by atoms with Gasteiger partial charge in [-0.2, -0.15) is 0 Å². The molecule has 2 unspecified atom stereocenters. The summed E-state index contributed by atoms with van der Waals surface area (Å²) in [5.41, 5.74) is -0.0557. The van der Waals surface area contributed by atoms with Crippen molar-refractivity contribution >= 4 is 0 Å². The molecule has 2 aliphatic carbocycles. The van der Waals surface area contributed by atoms with Crippen LogP contribution in [0.2, 0.25) is 0 Å². The largest absolute Gasteiger partial charge is 0.464 e. The molecule has 3 nitrogen and oxygen atoms in total. The third kappa shape index (κ3) is 2.34. The summed E-state index contributed by atoms with van der Waals surface area (Å²) in [7, 11) is 0. The van der Waals surface area contributed by atoms with Crippen molar-refractivity contribution in [2.45, 2.75) is 57.0 Å². The SMILES string of the molecule is CC1CC1c1ccc(CNC2(CO)CCCC2)o1. The lowest BCUT2D eigenvalue weighted by Gasteiger charge is -2.27. The summed E-state index contributed by atoms with van der Waals surface area (Å²) in [6, 6.07) is 4.19. The second-order valence-corrected chi connectivity index (χ2v) is 6.12. The molecule has 0 saturated heterocycles. The molecule has 2 atom stereocenters. The Morgan fingerprint density at radius 3 is 2.72 bits per heavy atom. The number of nitrogens with one attached hydrogen (secondary N) is 1. The van der Waals surface area contributed by atoms with E-state index in [2.05, 4.69) is 24.4 Å². The number of furan rings is 1. The summed E-state index contributed by atoms with van der Waals surface area (Å²) in [5.74, 6) is 3.58. The zero-order chi connectivity index (χ0) is 12.6. The number of aliphatic hydroxyl groups is 1. The van der Waals surface area contributed by atoms with Crippen LogP contribution in [-0.2, 0) is 6.54 Å². The fourth-order valence-electron chi connectivity index (χ4n) is 3.12. The first-order chi connectivity index (χ1) is 8.72. The van der Waals surface area contributed by atoms with E-state index < -0.39 is 0 Å². The van der Waals surface area contributed by atoms with E-state index in [1.165, 1.54) is 19.3 Å². The smallest absolute Gasteiger partial charge is 0.117 e. The molecule has 1 aromatic heterocycles. The molecule has 1 heterocycles. The van der Waals surface area contributed by atoms with Crippen molar-refractivity contribution in [3.8, 4) is 0 Å². The van der Waals surface area contributed by atoms with Crippen LogP contribution in [0.3, 0.4) is 0 Å².